The van der Waals surface area contributed by atoms with Crippen LogP contribution in [0.1, 0.15) is 33.1 Å². The van der Waals surface area contributed by atoms with Crippen molar-refractivity contribution in [2.45, 2.75) is 33.1 Å². The van der Waals surface area contributed by atoms with Gasteiger partial charge >= 0.3 is 6.09 Å². The van der Waals surface area contributed by atoms with Crippen molar-refractivity contribution < 1.29 is 19.1 Å². The predicted molar refractivity (Wildman–Crippen MR) is 114 cm³/mol. The topological polar surface area (TPSA) is 109 Å². The lowest BCUT2D eigenvalue weighted by Crippen LogP contribution is -2.43. The number of nitrogens with zero attached hydrogens (tertiary/aromatic N) is 1. The molecule has 2 rings (SSSR count). The van der Waals surface area contributed by atoms with Gasteiger partial charge in [-0.05, 0) is 18.1 Å². The summed E-state index contributed by atoms with van der Waals surface area (Å²) in [6.07, 6.45) is 0.529. The van der Waals surface area contributed by atoms with E-state index in [-0.39, 0.29) is 24.2 Å². The number of carbonyl (C=O) groups excluding carboxylic acids is 3. The number of ether oxygens (including phenoxy) is 1. The first-order valence-corrected chi connectivity index (χ1v) is 10.0. The van der Waals surface area contributed by atoms with E-state index in [9.17, 15) is 14.4 Å². The summed E-state index contributed by atoms with van der Waals surface area (Å²) in [4.78, 5) is 40.8. The molecule has 1 heterocycles. The average molecular weight is 417 g/mol. The van der Waals surface area contributed by atoms with Crippen LogP contribution in [0.3, 0.4) is 0 Å². The zero-order valence-electron chi connectivity index (χ0n) is 16.6. The summed E-state index contributed by atoms with van der Waals surface area (Å²) < 4.78 is 4.59. The van der Waals surface area contributed by atoms with Crippen molar-refractivity contribution in [1.29, 1.82) is 0 Å². The number of alkyl carbamates (subject to hydrolysis) is 1. The lowest BCUT2D eigenvalue weighted by Gasteiger charge is -2.09. The van der Waals surface area contributed by atoms with Crippen LogP contribution in [0.25, 0.3) is 10.4 Å². The fraction of sp³-hybridized carbons (Fsp3) is 0.300. The minimum Gasteiger partial charge on any atom is -0.453 e. The number of benzene rings is 1. The Kier molecular flexibility index (Phi) is 8.35. The maximum atomic E-state index is 12.1. The molecule has 0 unspecified atom stereocenters. The molecule has 0 radical (unpaired) electrons. The van der Waals surface area contributed by atoms with Crippen molar-refractivity contribution in [1.82, 2.24) is 10.6 Å². The van der Waals surface area contributed by atoms with Crippen LogP contribution in [-0.4, -0.2) is 31.0 Å². The minimum atomic E-state index is -0.768. The zero-order chi connectivity index (χ0) is 21.2. The van der Waals surface area contributed by atoms with E-state index >= 15 is 0 Å². The average Bonchev–Trinajstić information content (AvgIpc) is 3.10. The number of rotatable bonds is 6. The number of amides is 3. The normalized spacial score (nSPS) is 10.9. The van der Waals surface area contributed by atoms with E-state index in [1.54, 1.807) is 13.0 Å². The standard InChI is InChI=1S/C20H24N4O4S/c1-4-9-17(26)22-18-14(12-15(29-18)13-10-7-6-8-11-13)21-19(23-16(25)5-2)24-20(27)28-3/h6-8,10-12H,4-5,9H2,1-3H3,(H,22,26)(H2,21,23,24,25,27). The molecular formula is C20H24N4O4S. The number of aliphatic imine (C=N–C) groups is 1. The molecule has 0 bridgehead atoms. The van der Waals surface area contributed by atoms with E-state index in [4.69, 9.17) is 0 Å². The molecule has 1 aromatic heterocycles. The molecule has 2 aromatic rings. The van der Waals surface area contributed by atoms with Gasteiger partial charge in [0.25, 0.3) is 0 Å². The van der Waals surface area contributed by atoms with Crippen LogP contribution in [0.5, 0.6) is 0 Å². The molecule has 8 nitrogen and oxygen atoms in total. The van der Waals surface area contributed by atoms with Gasteiger partial charge in [-0.15, -0.1) is 11.3 Å². The number of guanidine groups is 1. The van der Waals surface area contributed by atoms with Gasteiger partial charge in [-0.2, -0.15) is 0 Å². The van der Waals surface area contributed by atoms with Crippen LogP contribution in [0.4, 0.5) is 15.5 Å². The first-order chi connectivity index (χ1) is 14.0. The number of carbonyl (C=O) groups is 3. The lowest BCUT2D eigenvalue weighted by molar-refractivity contribution is -0.119. The monoisotopic (exact) mass is 416 g/mol. The van der Waals surface area contributed by atoms with E-state index in [0.717, 1.165) is 10.4 Å². The Morgan fingerprint density at radius 1 is 1.07 bits per heavy atom. The van der Waals surface area contributed by atoms with Gasteiger partial charge in [0.15, 0.2) is 0 Å². The van der Waals surface area contributed by atoms with Crippen LogP contribution in [0, 0.1) is 0 Å². The fourth-order valence-corrected chi connectivity index (χ4v) is 3.31. The summed E-state index contributed by atoms with van der Waals surface area (Å²) in [6, 6.07) is 11.4. The molecule has 3 amide bonds. The van der Waals surface area contributed by atoms with E-state index in [2.05, 4.69) is 25.7 Å². The van der Waals surface area contributed by atoms with Crippen LogP contribution >= 0.6 is 11.3 Å². The van der Waals surface area contributed by atoms with Gasteiger partial charge in [0, 0.05) is 17.7 Å². The molecular weight excluding hydrogens is 392 g/mol. The van der Waals surface area contributed by atoms with Gasteiger partial charge in [-0.1, -0.05) is 44.2 Å². The Labute approximate surface area is 173 Å². The van der Waals surface area contributed by atoms with Gasteiger partial charge in [0.1, 0.15) is 10.7 Å². The molecule has 29 heavy (non-hydrogen) atoms. The van der Waals surface area contributed by atoms with E-state index < -0.39 is 6.09 Å². The van der Waals surface area contributed by atoms with E-state index in [0.29, 0.717) is 23.5 Å². The number of nitrogens with one attached hydrogen (secondary N) is 3. The number of anilines is 1. The number of methoxy groups -OCH3 is 1. The maximum Gasteiger partial charge on any atom is 0.413 e. The maximum absolute atomic E-state index is 12.1. The number of hydrogen-bond donors (Lipinski definition) is 3. The summed E-state index contributed by atoms with van der Waals surface area (Å²) in [5, 5.41) is 8.29. The van der Waals surface area contributed by atoms with Gasteiger partial charge in [-0.25, -0.2) is 9.79 Å². The predicted octanol–water partition coefficient (Wildman–Crippen LogP) is 4.02. The van der Waals surface area contributed by atoms with Crippen LogP contribution in [0.15, 0.2) is 41.4 Å². The molecule has 154 valence electrons. The highest BCUT2D eigenvalue weighted by molar-refractivity contribution is 7.20. The second kappa shape index (κ2) is 11.0. The Hall–Kier alpha value is -3.20. The molecule has 0 saturated heterocycles. The summed E-state index contributed by atoms with van der Waals surface area (Å²) in [6.45, 7) is 3.60. The van der Waals surface area contributed by atoms with Gasteiger partial charge in [-0.3, -0.25) is 20.2 Å². The van der Waals surface area contributed by atoms with E-state index in [1.165, 1.54) is 18.4 Å². The lowest BCUT2D eigenvalue weighted by atomic mass is 10.2. The first kappa shape index (κ1) is 22.1. The van der Waals surface area contributed by atoms with Crippen molar-refractivity contribution >= 4 is 45.9 Å². The molecule has 0 saturated carbocycles. The summed E-state index contributed by atoms with van der Waals surface area (Å²) in [5.41, 5.74) is 1.38. The molecule has 0 aliphatic rings. The molecule has 0 atom stereocenters. The second-order valence-corrected chi connectivity index (χ2v) is 7.02. The Balaban J connectivity index is 2.45. The third kappa shape index (κ3) is 6.72. The highest BCUT2D eigenvalue weighted by Gasteiger charge is 2.16. The molecule has 0 fully saturated rings. The fourth-order valence-electron chi connectivity index (χ4n) is 2.29. The largest absolute Gasteiger partial charge is 0.453 e. The van der Waals surface area contributed by atoms with Crippen molar-refractivity contribution in [2.24, 2.45) is 4.99 Å². The van der Waals surface area contributed by atoms with Crippen molar-refractivity contribution in [3.8, 4) is 10.4 Å². The highest BCUT2D eigenvalue weighted by Crippen LogP contribution is 2.40. The van der Waals surface area contributed by atoms with Gasteiger partial charge < -0.3 is 10.1 Å². The molecule has 3 N–H and O–H groups in total. The van der Waals surface area contributed by atoms with Crippen molar-refractivity contribution in [3.05, 3.63) is 36.4 Å². The third-order valence-corrected chi connectivity index (χ3v) is 4.81. The van der Waals surface area contributed by atoms with E-state index in [1.807, 2.05) is 37.3 Å². The Bertz CT molecular complexity index is 873. The molecule has 1 aromatic carbocycles. The van der Waals surface area contributed by atoms with Crippen LogP contribution in [-0.2, 0) is 14.3 Å². The van der Waals surface area contributed by atoms with Crippen LogP contribution < -0.4 is 16.0 Å². The summed E-state index contributed by atoms with van der Waals surface area (Å²) >= 11 is 1.36. The smallest absolute Gasteiger partial charge is 0.413 e. The summed E-state index contributed by atoms with van der Waals surface area (Å²) in [5.74, 6) is -0.534. The van der Waals surface area contributed by atoms with Crippen LogP contribution in [0.2, 0.25) is 0 Å². The molecule has 9 heteroatoms. The SMILES string of the molecule is CCCC(=O)Nc1sc(-c2ccccc2)cc1N=C(NC(=O)CC)NC(=O)OC. The second-order valence-electron chi connectivity index (χ2n) is 5.97. The van der Waals surface area contributed by atoms with Gasteiger partial charge in [0.2, 0.25) is 17.8 Å². The molecule has 0 spiro atoms. The Morgan fingerprint density at radius 3 is 2.41 bits per heavy atom. The minimum absolute atomic E-state index is 0.0768. The van der Waals surface area contributed by atoms with Crippen molar-refractivity contribution in [3.63, 3.8) is 0 Å². The zero-order valence-corrected chi connectivity index (χ0v) is 17.4. The third-order valence-electron chi connectivity index (χ3n) is 3.72. The molecule has 0 aliphatic carbocycles. The summed E-state index contributed by atoms with van der Waals surface area (Å²) in [7, 11) is 1.21. The Morgan fingerprint density at radius 2 is 1.79 bits per heavy atom. The number of thiophene rings is 1. The molecule has 0 aliphatic heterocycles. The quantitative estimate of drug-likeness (QED) is 0.488. The first-order valence-electron chi connectivity index (χ1n) is 9.19. The number of hydrogen-bond acceptors (Lipinski definition) is 6. The highest BCUT2D eigenvalue weighted by atomic mass is 32.1. The van der Waals surface area contributed by atoms with Crippen molar-refractivity contribution in [2.75, 3.05) is 12.4 Å². The van der Waals surface area contributed by atoms with Gasteiger partial charge in [0.05, 0.1) is 7.11 Å².